The molecule has 4 amide bonds. The number of anilines is 2. The van der Waals surface area contributed by atoms with Gasteiger partial charge in [0, 0.05) is 80.6 Å². The summed E-state index contributed by atoms with van der Waals surface area (Å²) in [5, 5.41) is 7.91. The van der Waals surface area contributed by atoms with Gasteiger partial charge in [-0.3, -0.25) is 14.3 Å². The summed E-state index contributed by atoms with van der Waals surface area (Å²) in [7, 11) is 1.38. The summed E-state index contributed by atoms with van der Waals surface area (Å²) in [6.07, 6.45) is 2.40. The molecule has 2 heterocycles. The van der Waals surface area contributed by atoms with E-state index in [0.29, 0.717) is 28.9 Å². The van der Waals surface area contributed by atoms with Crippen molar-refractivity contribution in [3.8, 4) is 0 Å². The van der Waals surface area contributed by atoms with Gasteiger partial charge in [-0.05, 0) is 84.3 Å². The zero-order valence-corrected chi connectivity index (χ0v) is 31.2. The number of hydrogen-bond acceptors (Lipinski definition) is 6. The van der Waals surface area contributed by atoms with Crippen LogP contribution in [0.15, 0.2) is 91.3 Å². The van der Waals surface area contributed by atoms with Gasteiger partial charge in [-0.15, -0.1) is 0 Å². The Labute approximate surface area is 318 Å². The van der Waals surface area contributed by atoms with Gasteiger partial charge in [0.05, 0.1) is 11.7 Å². The van der Waals surface area contributed by atoms with Gasteiger partial charge in [0.1, 0.15) is 35.4 Å². The Morgan fingerprint density at radius 1 is 0.696 bits per heavy atom. The lowest BCUT2D eigenvalue weighted by molar-refractivity contribution is -0.120. The first kappa shape index (κ1) is 39.4. The van der Waals surface area contributed by atoms with Crippen molar-refractivity contribution in [3.63, 3.8) is 0 Å². The van der Waals surface area contributed by atoms with Gasteiger partial charge in [-0.2, -0.15) is 18.2 Å². The minimum Gasteiger partial charge on any atom is -0.351 e. The molecule has 0 saturated carbocycles. The number of halogens is 4. The van der Waals surface area contributed by atoms with Gasteiger partial charge in [0.15, 0.2) is 0 Å². The number of aryl methyl sites for hydroxylation is 2. The summed E-state index contributed by atoms with van der Waals surface area (Å²) in [5.74, 6) is -5.44. The van der Waals surface area contributed by atoms with Gasteiger partial charge in [-0.1, -0.05) is 0 Å². The van der Waals surface area contributed by atoms with Gasteiger partial charge in [0.2, 0.25) is 11.8 Å². The molecule has 6 aromatic rings. The molecule has 0 aliphatic rings. The highest BCUT2D eigenvalue weighted by atomic mass is 32.2. The number of fused-ring (bicyclic) bond motifs is 2. The maximum absolute atomic E-state index is 14.2. The van der Waals surface area contributed by atoms with Crippen LogP contribution in [0.4, 0.5) is 33.7 Å². The van der Waals surface area contributed by atoms with E-state index < -0.39 is 76.2 Å². The molecular formula is C38H36F4N8O5S. The fourth-order valence-electron chi connectivity index (χ4n) is 6.39. The molecule has 13 nitrogen and oxygen atoms in total. The second-order valence-corrected chi connectivity index (χ2v) is 14.7. The standard InChI is InChI=1S/C38H36F4N8O5S/c1-47-10-9-24-17-30(5-7-34(24)47)48(2)36(51)32(15-22-11-26(39)19-27(40)12-22)44-38(53)46-56(54,55)45-33(16-23-13-28(41)20-29(42)14-23)37(52)49(3)31-6-8-35-25(18-31)21-43-50(35)4/h5-14,17-21,32-33,45H,15-16H2,1-4H3,(H2,44,46,53)/t32-,33-/m0/s1. The number of urea groups is 1. The first-order valence-electron chi connectivity index (χ1n) is 17.0. The molecule has 2 atom stereocenters. The SMILES string of the molecule is CN(C(=O)[C@H](Cc1cc(F)cc(F)c1)NC(=O)NS(=O)(=O)N[C@@H](Cc1cc(F)cc(F)c1)C(=O)N(C)c1ccc2c(cnn2C)c1)c1ccc2c(ccn2C)c1. The number of hydrogen-bond donors (Lipinski definition) is 3. The second-order valence-electron chi connectivity index (χ2n) is 13.2. The first-order valence-corrected chi connectivity index (χ1v) is 18.5. The lowest BCUT2D eigenvalue weighted by Crippen LogP contribution is -2.57. The van der Waals surface area contributed by atoms with Crippen LogP contribution in [0.25, 0.3) is 21.8 Å². The summed E-state index contributed by atoms with van der Waals surface area (Å²) >= 11 is 0. The van der Waals surface area contributed by atoms with Crippen LogP contribution in [0.5, 0.6) is 0 Å². The van der Waals surface area contributed by atoms with Gasteiger partial charge >= 0.3 is 16.2 Å². The van der Waals surface area contributed by atoms with Crippen molar-refractivity contribution >= 4 is 61.2 Å². The highest BCUT2D eigenvalue weighted by Gasteiger charge is 2.32. The van der Waals surface area contributed by atoms with E-state index in [4.69, 9.17) is 0 Å². The minimum atomic E-state index is -4.97. The predicted molar refractivity (Wildman–Crippen MR) is 202 cm³/mol. The van der Waals surface area contributed by atoms with Crippen molar-refractivity contribution in [2.24, 2.45) is 14.1 Å². The largest absolute Gasteiger partial charge is 0.351 e. The summed E-state index contributed by atoms with van der Waals surface area (Å²) in [5.41, 5.74) is 2.27. The molecule has 0 fully saturated rings. The Balaban J connectivity index is 1.24. The highest BCUT2D eigenvalue weighted by Crippen LogP contribution is 2.24. The number of benzene rings is 4. The predicted octanol–water partition coefficient (Wildman–Crippen LogP) is 4.60. The molecule has 0 spiro atoms. The van der Waals surface area contributed by atoms with E-state index in [1.54, 1.807) is 59.0 Å². The first-order chi connectivity index (χ1) is 26.5. The molecule has 56 heavy (non-hydrogen) atoms. The van der Waals surface area contributed by atoms with Crippen molar-refractivity contribution in [1.29, 1.82) is 0 Å². The Kier molecular flexibility index (Phi) is 11.1. The molecule has 0 aliphatic carbocycles. The van der Waals surface area contributed by atoms with Crippen LogP contribution in [0.1, 0.15) is 11.1 Å². The number of nitrogens with zero attached hydrogens (tertiary/aromatic N) is 5. The molecular weight excluding hydrogens is 757 g/mol. The van der Waals surface area contributed by atoms with Crippen molar-refractivity contribution in [2.45, 2.75) is 24.9 Å². The quantitative estimate of drug-likeness (QED) is 0.154. The third-order valence-corrected chi connectivity index (χ3v) is 10.2. The fourth-order valence-corrected chi connectivity index (χ4v) is 7.31. The summed E-state index contributed by atoms with van der Waals surface area (Å²) in [4.78, 5) is 43.5. The average Bonchev–Trinajstić information content (AvgIpc) is 3.69. The molecule has 3 N–H and O–H groups in total. The average molecular weight is 793 g/mol. The molecule has 0 radical (unpaired) electrons. The van der Waals surface area contributed by atoms with E-state index in [0.717, 1.165) is 45.6 Å². The second kappa shape index (κ2) is 15.8. The van der Waals surface area contributed by atoms with Gasteiger partial charge < -0.3 is 19.7 Å². The zero-order valence-electron chi connectivity index (χ0n) is 30.4. The molecule has 0 bridgehead atoms. The van der Waals surface area contributed by atoms with Crippen LogP contribution in [0.3, 0.4) is 0 Å². The number of aromatic nitrogens is 3. The van der Waals surface area contributed by atoms with Crippen molar-refractivity contribution < 1.29 is 40.4 Å². The lowest BCUT2D eigenvalue weighted by Gasteiger charge is -2.26. The molecule has 18 heteroatoms. The van der Waals surface area contributed by atoms with E-state index in [9.17, 15) is 40.4 Å². The molecule has 292 valence electrons. The highest BCUT2D eigenvalue weighted by molar-refractivity contribution is 7.88. The fraction of sp³-hybridized carbons (Fsp3) is 0.211. The van der Waals surface area contributed by atoms with Crippen molar-refractivity contribution in [3.05, 3.63) is 126 Å². The lowest BCUT2D eigenvalue weighted by atomic mass is 10.0. The molecule has 0 unspecified atom stereocenters. The summed E-state index contributed by atoms with van der Waals surface area (Å²) in [6.45, 7) is 0. The van der Waals surface area contributed by atoms with Crippen molar-refractivity contribution in [1.82, 2.24) is 29.1 Å². The number of amides is 4. The van der Waals surface area contributed by atoms with Crippen LogP contribution in [0, 0.1) is 23.3 Å². The number of carbonyl (C=O) groups excluding carboxylic acids is 3. The minimum absolute atomic E-state index is 0.0189. The van der Waals surface area contributed by atoms with E-state index in [2.05, 4.69) is 15.1 Å². The van der Waals surface area contributed by atoms with Crippen LogP contribution in [-0.4, -0.2) is 66.8 Å². The number of carbonyl (C=O) groups is 3. The van der Waals surface area contributed by atoms with E-state index in [-0.39, 0.29) is 11.1 Å². The molecule has 0 saturated heterocycles. The van der Waals surface area contributed by atoms with Crippen molar-refractivity contribution in [2.75, 3.05) is 23.9 Å². The Bertz CT molecular complexity index is 2560. The number of rotatable bonds is 12. The van der Waals surface area contributed by atoms with E-state index in [1.165, 1.54) is 19.0 Å². The summed E-state index contributed by atoms with van der Waals surface area (Å²) in [6, 6.07) is 12.2. The van der Waals surface area contributed by atoms with E-state index >= 15 is 0 Å². The molecule has 4 aromatic carbocycles. The Morgan fingerprint density at radius 3 is 1.77 bits per heavy atom. The third kappa shape index (κ3) is 8.98. The molecule has 6 rings (SSSR count). The van der Waals surface area contributed by atoms with Gasteiger partial charge in [-0.25, -0.2) is 27.1 Å². The Morgan fingerprint density at radius 2 is 1.20 bits per heavy atom. The van der Waals surface area contributed by atoms with Crippen LogP contribution in [-0.2, 0) is 46.7 Å². The van der Waals surface area contributed by atoms with Crippen LogP contribution >= 0.6 is 0 Å². The third-order valence-electron chi connectivity index (χ3n) is 9.18. The summed E-state index contributed by atoms with van der Waals surface area (Å²) < 4.78 is 90.9. The maximum Gasteiger partial charge on any atom is 0.330 e. The van der Waals surface area contributed by atoms with Crippen LogP contribution in [0.2, 0.25) is 0 Å². The zero-order chi connectivity index (χ0) is 40.5. The monoisotopic (exact) mass is 792 g/mol. The van der Waals surface area contributed by atoms with E-state index in [1.807, 2.05) is 23.9 Å². The number of likely N-dealkylation sites (N-methyl/N-ethyl adjacent to an activating group) is 2. The molecule has 0 aliphatic heterocycles. The number of nitrogens with one attached hydrogen (secondary N) is 3. The molecule has 2 aromatic heterocycles. The van der Waals surface area contributed by atoms with Gasteiger partial charge in [0.25, 0.3) is 0 Å². The topological polar surface area (TPSA) is 151 Å². The smallest absolute Gasteiger partial charge is 0.330 e. The maximum atomic E-state index is 14.2. The Hall–Kier alpha value is -6.27. The van der Waals surface area contributed by atoms with Crippen LogP contribution < -0.4 is 24.6 Å². The normalized spacial score (nSPS) is 12.7.